The summed E-state index contributed by atoms with van der Waals surface area (Å²) >= 11 is 11.8. The smallest absolute Gasteiger partial charge is 0.295 e. The van der Waals surface area contributed by atoms with Crippen molar-refractivity contribution in [3.05, 3.63) is 71.7 Å². The van der Waals surface area contributed by atoms with Gasteiger partial charge >= 0.3 is 0 Å². The summed E-state index contributed by atoms with van der Waals surface area (Å²) in [5, 5.41) is 24.3. The van der Waals surface area contributed by atoms with Crippen LogP contribution in [-0.4, -0.2) is 15.8 Å². The molecule has 0 heterocycles. The van der Waals surface area contributed by atoms with Crippen molar-refractivity contribution in [2.45, 2.75) is 6.92 Å². The third-order valence-corrected chi connectivity index (χ3v) is 4.01. The second-order valence-electron chi connectivity index (χ2n) is 4.71. The number of nitro groups is 2. The van der Waals surface area contributed by atoms with E-state index in [9.17, 15) is 25.0 Å². The second kappa shape index (κ2) is 6.81. The maximum absolute atomic E-state index is 12.4. The van der Waals surface area contributed by atoms with Gasteiger partial charge in [-0.2, -0.15) is 0 Å². The molecule has 0 aliphatic heterocycles. The molecule has 2 aromatic carbocycles. The molecular weight excluding hydrogens is 361 g/mol. The fourth-order valence-corrected chi connectivity index (χ4v) is 2.37. The third-order valence-electron chi connectivity index (χ3n) is 3.21. The molecular formula is C14H9Cl2N3O5. The van der Waals surface area contributed by atoms with Gasteiger partial charge < -0.3 is 5.32 Å². The van der Waals surface area contributed by atoms with Gasteiger partial charge in [0.15, 0.2) is 0 Å². The van der Waals surface area contributed by atoms with Gasteiger partial charge in [-0.3, -0.25) is 25.0 Å². The summed E-state index contributed by atoms with van der Waals surface area (Å²) in [7, 11) is 0. The number of nitro benzene ring substituents is 2. The molecule has 24 heavy (non-hydrogen) atoms. The highest BCUT2D eigenvalue weighted by atomic mass is 35.5. The van der Waals surface area contributed by atoms with E-state index in [1.807, 2.05) is 0 Å². The topological polar surface area (TPSA) is 115 Å². The van der Waals surface area contributed by atoms with Crippen molar-refractivity contribution in [3.8, 4) is 0 Å². The van der Waals surface area contributed by atoms with E-state index in [1.54, 1.807) is 25.1 Å². The Kier molecular flexibility index (Phi) is 5.01. The van der Waals surface area contributed by atoms with Gasteiger partial charge in [0, 0.05) is 16.8 Å². The van der Waals surface area contributed by atoms with E-state index in [4.69, 9.17) is 23.2 Å². The van der Waals surface area contributed by atoms with Crippen molar-refractivity contribution in [2.75, 3.05) is 5.32 Å². The van der Waals surface area contributed by atoms with Gasteiger partial charge in [-0.1, -0.05) is 29.3 Å². The number of nitrogens with one attached hydrogen (secondary N) is 1. The first-order valence-electron chi connectivity index (χ1n) is 6.41. The van der Waals surface area contributed by atoms with Gasteiger partial charge in [0.05, 0.1) is 21.5 Å². The molecule has 2 aromatic rings. The Morgan fingerprint density at radius 2 is 1.79 bits per heavy atom. The monoisotopic (exact) mass is 369 g/mol. The summed E-state index contributed by atoms with van der Waals surface area (Å²) in [6.45, 7) is 1.66. The number of carbonyl (C=O) groups is 1. The molecule has 2 rings (SSSR count). The summed E-state index contributed by atoms with van der Waals surface area (Å²) in [5.74, 6) is -0.822. The van der Waals surface area contributed by atoms with Crippen LogP contribution in [0.3, 0.4) is 0 Å². The van der Waals surface area contributed by atoms with Crippen LogP contribution < -0.4 is 5.32 Å². The summed E-state index contributed by atoms with van der Waals surface area (Å²) in [6.07, 6.45) is 0. The van der Waals surface area contributed by atoms with E-state index in [0.717, 1.165) is 6.07 Å². The molecule has 0 saturated carbocycles. The van der Waals surface area contributed by atoms with E-state index in [0.29, 0.717) is 22.3 Å². The van der Waals surface area contributed by atoms with Crippen LogP contribution in [0.15, 0.2) is 30.3 Å². The van der Waals surface area contributed by atoms with Crippen LogP contribution >= 0.6 is 23.2 Å². The van der Waals surface area contributed by atoms with Crippen molar-refractivity contribution in [1.82, 2.24) is 0 Å². The highest BCUT2D eigenvalue weighted by molar-refractivity contribution is 6.36. The van der Waals surface area contributed by atoms with Crippen LogP contribution in [0.4, 0.5) is 17.1 Å². The molecule has 0 spiro atoms. The Bertz CT molecular complexity index is 870. The zero-order valence-corrected chi connectivity index (χ0v) is 13.6. The van der Waals surface area contributed by atoms with E-state index in [1.165, 1.54) is 0 Å². The minimum absolute atomic E-state index is 0.359. The summed E-state index contributed by atoms with van der Waals surface area (Å²) in [6, 6.07) is 6.37. The molecule has 0 unspecified atom stereocenters. The minimum Gasteiger partial charge on any atom is -0.322 e. The molecule has 0 atom stereocenters. The van der Waals surface area contributed by atoms with Crippen molar-refractivity contribution in [1.29, 1.82) is 0 Å². The predicted octanol–water partition coefficient (Wildman–Crippen LogP) is 4.37. The number of halogens is 2. The van der Waals surface area contributed by atoms with Crippen molar-refractivity contribution in [3.63, 3.8) is 0 Å². The first-order chi connectivity index (χ1) is 11.2. The summed E-state index contributed by atoms with van der Waals surface area (Å²) in [4.78, 5) is 32.5. The molecule has 0 bridgehead atoms. The first-order valence-corrected chi connectivity index (χ1v) is 7.16. The second-order valence-corrected chi connectivity index (χ2v) is 5.49. The number of hydrogen-bond acceptors (Lipinski definition) is 5. The van der Waals surface area contributed by atoms with Crippen molar-refractivity contribution >= 4 is 46.2 Å². The van der Waals surface area contributed by atoms with Gasteiger partial charge in [0.2, 0.25) is 0 Å². The number of hydrogen-bond donors (Lipinski definition) is 1. The normalized spacial score (nSPS) is 10.3. The molecule has 0 fully saturated rings. The Balaban J connectivity index is 2.50. The zero-order valence-electron chi connectivity index (χ0n) is 12.1. The first kappa shape index (κ1) is 17.6. The van der Waals surface area contributed by atoms with Gasteiger partial charge in [0.25, 0.3) is 17.3 Å². The molecule has 124 valence electrons. The number of amides is 1. The lowest BCUT2D eigenvalue weighted by molar-refractivity contribution is -0.394. The number of non-ortho nitro benzene ring substituents is 1. The lowest BCUT2D eigenvalue weighted by Gasteiger charge is -2.10. The van der Waals surface area contributed by atoms with Crippen LogP contribution in [0, 0.1) is 27.2 Å². The van der Waals surface area contributed by atoms with Gasteiger partial charge in [-0.25, -0.2) is 0 Å². The number of anilines is 1. The van der Waals surface area contributed by atoms with Crippen molar-refractivity contribution < 1.29 is 14.6 Å². The highest BCUT2D eigenvalue weighted by Gasteiger charge is 2.26. The third kappa shape index (κ3) is 3.44. The molecule has 1 N–H and O–H groups in total. The van der Waals surface area contributed by atoms with Gasteiger partial charge in [0.1, 0.15) is 5.02 Å². The number of carbonyl (C=O) groups excluding carboxylic acids is 1. The molecule has 1 amide bonds. The van der Waals surface area contributed by atoms with Crippen LogP contribution in [0.2, 0.25) is 10.0 Å². The standard InChI is InChI=1S/C14H9Cl2N3O5/c1-7-10(15)3-2-4-11(7)17-14(20)9-5-8(18(21)22)6-12(13(9)16)19(23)24/h2-6H,1H3,(H,17,20). The number of benzene rings is 2. The number of nitrogens with zero attached hydrogens (tertiary/aromatic N) is 2. The van der Waals surface area contributed by atoms with Gasteiger partial charge in [-0.15, -0.1) is 0 Å². The summed E-state index contributed by atoms with van der Waals surface area (Å²) < 4.78 is 0. The fourth-order valence-electron chi connectivity index (χ4n) is 1.93. The Hall–Kier alpha value is -2.71. The van der Waals surface area contributed by atoms with E-state index >= 15 is 0 Å². The highest BCUT2D eigenvalue weighted by Crippen LogP contribution is 2.33. The SMILES string of the molecule is Cc1c(Cl)cccc1NC(=O)c1cc([N+](=O)[O-])cc([N+](=O)[O-])c1Cl. The molecule has 0 aromatic heterocycles. The van der Waals surface area contributed by atoms with E-state index in [-0.39, 0.29) is 5.56 Å². The molecule has 0 radical (unpaired) electrons. The van der Waals surface area contributed by atoms with E-state index < -0.39 is 32.2 Å². The number of rotatable bonds is 4. The fraction of sp³-hybridized carbons (Fsp3) is 0.0714. The molecule has 10 heteroatoms. The molecule has 0 aliphatic rings. The largest absolute Gasteiger partial charge is 0.322 e. The minimum atomic E-state index is -0.892. The van der Waals surface area contributed by atoms with Crippen LogP contribution in [0.5, 0.6) is 0 Å². The van der Waals surface area contributed by atoms with Crippen LogP contribution in [-0.2, 0) is 0 Å². The predicted molar refractivity (Wildman–Crippen MR) is 88.9 cm³/mol. The van der Waals surface area contributed by atoms with E-state index in [2.05, 4.69) is 5.32 Å². The quantitative estimate of drug-likeness (QED) is 0.634. The Labute approximate surface area is 145 Å². The average molecular weight is 370 g/mol. The average Bonchev–Trinajstić information content (AvgIpc) is 2.51. The van der Waals surface area contributed by atoms with Crippen molar-refractivity contribution in [2.24, 2.45) is 0 Å². The lowest BCUT2D eigenvalue weighted by atomic mass is 10.1. The van der Waals surface area contributed by atoms with Crippen LogP contribution in [0.1, 0.15) is 15.9 Å². The summed E-state index contributed by atoms with van der Waals surface area (Å²) in [5.41, 5.74) is -0.781. The Morgan fingerprint density at radius 1 is 1.12 bits per heavy atom. The molecule has 8 nitrogen and oxygen atoms in total. The lowest BCUT2D eigenvalue weighted by Crippen LogP contribution is -2.14. The maximum atomic E-state index is 12.4. The van der Waals surface area contributed by atoms with Gasteiger partial charge in [-0.05, 0) is 24.6 Å². The molecule has 0 saturated heterocycles. The maximum Gasteiger partial charge on any atom is 0.295 e. The Morgan fingerprint density at radius 3 is 2.38 bits per heavy atom. The zero-order chi connectivity index (χ0) is 18.0. The molecule has 0 aliphatic carbocycles. The van der Waals surface area contributed by atoms with Crippen LogP contribution in [0.25, 0.3) is 0 Å².